The highest BCUT2D eigenvalue weighted by Crippen LogP contribution is 2.53. The maximum absolute atomic E-state index is 13.7. The van der Waals surface area contributed by atoms with Crippen molar-refractivity contribution >= 4 is 43.7 Å². The average molecular weight is 975 g/mol. The molecule has 4 aromatic carbocycles. The van der Waals surface area contributed by atoms with Crippen LogP contribution in [-0.4, -0.2) is 113 Å². The van der Waals surface area contributed by atoms with E-state index in [0.29, 0.717) is 91.4 Å². The van der Waals surface area contributed by atoms with Crippen molar-refractivity contribution in [2.45, 2.75) is 67.3 Å². The van der Waals surface area contributed by atoms with Crippen molar-refractivity contribution in [3.8, 4) is 40.2 Å². The predicted molar refractivity (Wildman–Crippen MR) is 252 cm³/mol. The number of ether oxygens (including phenoxy) is 5. The third-order valence-corrected chi connectivity index (χ3v) is 16.7. The Morgan fingerprint density at radius 2 is 1.37 bits per heavy atom. The molecule has 68 heavy (non-hydrogen) atoms. The van der Waals surface area contributed by atoms with Crippen molar-refractivity contribution in [2.24, 2.45) is 23.7 Å². The van der Waals surface area contributed by atoms with Crippen LogP contribution in [0.3, 0.4) is 0 Å². The Labute approximate surface area is 398 Å². The Morgan fingerprint density at radius 1 is 0.691 bits per heavy atom. The first-order valence-corrected chi connectivity index (χ1v) is 26.0. The minimum absolute atomic E-state index is 0.0226. The lowest BCUT2D eigenvalue weighted by molar-refractivity contribution is 0.0309. The van der Waals surface area contributed by atoms with Gasteiger partial charge in [0, 0.05) is 81.0 Å². The fourth-order valence-electron chi connectivity index (χ4n) is 10.6. The molecule has 4 aromatic rings. The van der Waals surface area contributed by atoms with E-state index in [0.717, 1.165) is 51.4 Å². The van der Waals surface area contributed by atoms with Gasteiger partial charge in [-0.1, -0.05) is 0 Å². The third kappa shape index (κ3) is 9.64. The van der Waals surface area contributed by atoms with Crippen molar-refractivity contribution in [1.82, 2.24) is 9.80 Å². The Bertz CT molecular complexity index is 2700. The number of rotatable bonds is 13. The van der Waals surface area contributed by atoms with Crippen LogP contribution in [0.5, 0.6) is 40.2 Å². The van der Waals surface area contributed by atoms with E-state index < -0.39 is 20.2 Å². The van der Waals surface area contributed by atoms with E-state index in [9.17, 15) is 26.4 Å². The van der Waals surface area contributed by atoms with Gasteiger partial charge in [-0.3, -0.25) is 9.80 Å². The van der Waals surface area contributed by atoms with Gasteiger partial charge in [0.1, 0.15) is 33.1 Å². The number of amides is 4. The summed E-state index contributed by atoms with van der Waals surface area (Å²) in [4.78, 5) is 34.1. The molecule has 17 nitrogen and oxygen atoms in total. The van der Waals surface area contributed by atoms with E-state index in [2.05, 4.69) is 0 Å². The van der Waals surface area contributed by atoms with Gasteiger partial charge >= 0.3 is 32.3 Å². The summed E-state index contributed by atoms with van der Waals surface area (Å²) in [6, 6.07) is 19.6. The first-order valence-electron chi connectivity index (χ1n) is 23.1. The number of fused-ring (bicyclic) bond motifs is 5. The lowest BCUT2D eigenvalue weighted by Crippen LogP contribution is -2.39. The third-order valence-electron chi connectivity index (χ3n) is 14.2. The first kappa shape index (κ1) is 47.0. The molecule has 0 spiro atoms. The van der Waals surface area contributed by atoms with Crippen LogP contribution in [0.25, 0.3) is 0 Å². The van der Waals surface area contributed by atoms with Gasteiger partial charge < -0.3 is 41.9 Å². The minimum Gasteiger partial charge on any atom is -0.496 e. The van der Waals surface area contributed by atoms with Crippen LogP contribution >= 0.6 is 0 Å². The molecule has 4 heterocycles. The molecule has 0 radical (unpaired) electrons. The normalized spacial score (nSPS) is 23.5. The molecular formula is C49H58N4O13S2. The molecule has 8 bridgehead atoms. The van der Waals surface area contributed by atoms with E-state index in [1.165, 1.54) is 70.9 Å². The van der Waals surface area contributed by atoms with Crippen molar-refractivity contribution < 1.29 is 58.5 Å². The fourth-order valence-corrected chi connectivity index (χ4v) is 12.4. The number of benzene rings is 4. The summed E-state index contributed by atoms with van der Waals surface area (Å²) in [6.45, 7) is 3.38. The van der Waals surface area contributed by atoms with Crippen molar-refractivity contribution in [3.05, 3.63) is 78.9 Å². The van der Waals surface area contributed by atoms with Crippen LogP contribution in [0.4, 0.5) is 21.0 Å². The molecule has 4 aliphatic heterocycles. The number of urea groups is 2. The van der Waals surface area contributed by atoms with Gasteiger partial charge in [0.05, 0.1) is 28.4 Å². The number of methoxy groups -OCH3 is 4. The number of carbonyl (C=O) groups is 2. The van der Waals surface area contributed by atoms with E-state index >= 15 is 0 Å². The molecule has 0 unspecified atom stereocenters. The lowest BCUT2D eigenvalue weighted by Gasteiger charge is -2.43. The summed E-state index contributed by atoms with van der Waals surface area (Å²) >= 11 is 0. The molecule has 4 amide bonds. The van der Waals surface area contributed by atoms with E-state index in [-0.39, 0.29) is 51.1 Å². The second-order valence-corrected chi connectivity index (χ2v) is 21.1. The van der Waals surface area contributed by atoms with Crippen LogP contribution in [0.15, 0.2) is 88.7 Å². The zero-order chi connectivity index (χ0) is 47.7. The lowest BCUT2D eigenvalue weighted by atomic mass is 9.64. The second-order valence-electron chi connectivity index (χ2n) is 18.1. The molecule has 364 valence electrons. The van der Waals surface area contributed by atoms with Gasteiger partial charge in [-0.2, -0.15) is 16.8 Å². The van der Waals surface area contributed by atoms with Gasteiger partial charge in [0.2, 0.25) is 5.75 Å². The Morgan fingerprint density at radius 3 is 2.03 bits per heavy atom. The summed E-state index contributed by atoms with van der Waals surface area (Å²) in [5.74, 6) is 3.19. The molecule has 0 N–H and O–H groups in total. The molecule has 6 aliphatic rings. The van der Waals surface area contributed by atoms with Crippen LogP contribution in [0, 0.1) is 23.7 Å². The fraction of sp³-hybridized carbons (Fsp3) is 0.469. The molecule has 4 fully saturated rings. The van der Waals surface area contributed by atoms with Crippen LogP contribution in [0.2, 0.25) is 0 Å². The van der Waals surface area contributed by atoms with Gasteiger partial charge in [-0.05, 0) is 124 Å². The van der Waals surface area contributed by atoms with Crippen molar-refractivity contribution in [3.63, 3.8) is 0 Å². The van der Waals surface area contributed by atoms with E-state index in [4.69, 9.17) is 32.1 Å². The smallest absolute Gasteiger partial charge is 0.339 e. The highest BCUT2D eigenvalue weighted by atomic mass is 32.2. The van der Waals surface area contributed by atoms with Crippen molar-refractivity contribution in [1.29, 1.82) is 0 Å². The summed E-state index contributed by atoms with van der Waals surface area (Å²) in [7, 11) is -2.55. The molecule has 5 atom stereocenters. The zero-order valence-electron chi connectivity index (χ0n) is 38.7. The Hall–Kier alpha value is -6.08. The second kappa shape index (κ2) is 19.5. The molecule has 10 rings (SSSR count). The summed E-state index contributed by atoms with van der Waals surface area (Å²) in [6.07, 6.45) is 7.27. The van der Waals surface area contributed by atoms with Gasteiger partial charge in [0.25, 0.3) is 0 Å². The molecular weight excluding hydrogens is 917 g/mol. The van der Waals surface area contributed by atoms with Crippen LogP contribution in [0.1, 0.15) is 51.4 Å². The molecule has 0 aromatic heterocycles. The maximum atomic E-state index is 13.7. The first-order chi connectivity index (χ1) is 32.8. The van der Waals surface area contributed by atoms with Gasteiger partial charge in [0.15, 0.2) is 17.2 Å². The average Bonchev–Trinajstić information content (AvgIpc) is 4.01. The molecule has 19 heteroatoms. The summed E-state index contributed by atoms with van der Waals surface area (Å²) < 4.78 is 93.5. The van der Waals surface area contributed by atoms with Crippen LogP contribution < -0.4 is 41.9 Å². The maximum Gasteiger partial charge on any atom is 0.339 e. The van der Waals surface area contributed by atoms with Crippen molar-refractivity contribution in [2.75, 3.05) is 77.5 Å². The SMILES string of the molecule is COc1cc(OC)cc(OS(=O)(=O)c2ccc(N3CCN(CCC[C@H]4CC[C@@H]4[C@@H]4C[C@@H]5CCCN6CCN(C6=O)c6ccc(cc6)S(=O)(=O)Oc6cc(OC)c(OC)c(c6)O[C@H]4C5)C3=O)cc2)c1. The number of nitrogens with zero attached hydrogens (tertiary/aromatic N) is 4. The minimum atomic E-state index is -4.27. The predicted octanol–water partition coefficient (Wildman–Crippen LogP) is 7.81. The Kier molecular flexibility index (Phi) is 13.5. The largest absolute Gasteiger partial charge is 0.496 e. The molecule has 2 aliphatic carbocycles. The number of carbonyl (C=O) groups excluding carboxylic acids is 2. The van der Waals surface area contributed by atoms with E-state index in [1.807, 2.05) is 9.80 Å². The number of hydrogen-bond donors (Lipinski definition) is 0. The monoisotopic (exact) mass is 974 g/mol. The van der Waals surface area contributed by atoms with Gasteiger partial charge in [-0.25, -0.2) is 9.59 Å². The topological polar surface area (TPSA) is 180 Å². The zero-order valence-corrected chi connectivity index (χ0v) is 40.3. The van der Waals surface area contributed by atoms with E-state index in [1.54, 1.807) is 46.2 Å². The standard InChI is InChI=1S/C49H58N4O13S2/c1-60-36-27-37(61-2)29-38(28-36)65-67(56,57)40-14-10-35(11-15-40)53-24-22-51(49(53)55)20-6-8-33-9-18-42(33)43-25-32-7-5-19-50-21-23-52(48(50)54)34-12-16-41(17-13-34)68(58,59)66-39-30-45(62-3)47(63-4)46(31-39)64-44(43)26-32/h10-17,27-33,42-44H,5-9,18-26H2,1-4H3/t32-,33-,42-,43-,44-/m0/s1. The number of anilines is 2. The quantitative estimate of drug-likeness (QED) is 0.119. The highest BCUT2D eigenvalue weighted by molar-refractivity contribution is 7.87. The molecule has 2 saturated heterocycles. The number of hydrogen-bond acceptors (Lipinski definition) is 13. The Balaban J connectivity index is 0.858. The van der Waals surface area contributed by atoms with Crippen LogP contribution in [-0.2, 0) is 20.2 Å². The summed E-state index contributed by atoms with van der Waals surface area (Å²) in [5, 5.41) is 0. The highest BCUT2D eigenvalue weighted by Gasteiger charge is 2.47. The van der Waals surface area contributed by atoms with Gasteiger partial charge in [-0.15, -0.1) is 0 Å². The molecule has 2 saturated carbocycles. The summed E-state index contributed by atoms with van der Waals surface area (Å²) in [5.41, 5.74) is 1.22.